The number of nitrogens with one attached hydrogen (secondary N) is 1. The second-order valence-corrected chi connectivity index (χ2v) is 6.10. The number of piperidine rings is 1. The molecule has 1 unspecified atom stereocenters. The van der Waals surface area contributed by atoms with Crippen LogP contribution in [0.15, 0.2) is 18.2 Å². The number of hydrogen-bond donors (Lipinski definition) is 1. The summed E-state index contributed by atoms with van der Waals surface area (Å²) in [5.74, 6) is 0.902. The van der Waals surface area contributed by atoms with Crippen LogP contribution in [0, 0.1) is 0 Å². The predicted octanol–water partition coefficient (Wildman–Crippen LogP) is 3.29. The van der Waals surface area contributed by atoms with Crippen LogP contribution in [0.3, 0.4) is 0 Å². The molecule has 2 heterocycles. The summed E-state index contributed by atoms with van der Waals surface area (Å²) in [7, 11) is 1.70. The van der Waals surface area contributed by atoms with E-state index in [0.29, 0.717) is 0 Å². The number of benzene rings is 1. The normalized spacial score (nSPS) is 24.3. The number of hydrogen-bond acceptors (Lipinski definition) is 4. The van der Waals surface area contributed by atoms with Crippen LogP contribution in [0.25, 0.3) is 10.2 Å². The van der Waals surface area contributed by atoms with Gasteiger partial charge in [-0.2, -0.15) is 0 Å². The van der Waals surface area contributed by atoms with Gasteiger partial charge in [0.25, 0.3) is 0 Å². The van der Waals surface area contributed by atoms with Crippen LogP contribution < -0.4 is 10.1 Å². The van der Waals surface area contributed by atoms with Crippen molar-refractivity contribution < 1.29 is 4.74 Å². The van der Waals surface area contributed by atoms with Gasteiger partial charge in [-0.05, 0) is 50.9 Å². The Hall–Kier alpha value is -1.13. The summed E-state index contributed by atoms with van der Waals surface area (Å²) < 4.78 is 6.47. The molecule has 2 aromatic rings. The van der Waals surface area contributed by atoms with E-state index in [-0.39, 0.29) is 5.54 Å². The number of methoxy groups -OCH3 is 1. The lowest BCUT2D eigenvalue weighted by Gasteiger charge is -2.32. The first-order valence-electron chi connectivity index (χ1n) is 6.41. The van der Waals surface area contributed by atoms with Gasteiger partial charge in [0, 0.05) is 0 Å². The summed E-state index contributed by atoms with van der Waals surface area (Å²) in [6, 6.07) is 6.09. The van der Waals surface area contributed by atoms with Crippen molar-refractivity contribution in [2.45, 2.75) is 31.7 Å². The molecular weight excluding hydrogens is 244 g/mol. The number of fused-ring (bicyclic) bond motifs is 1. The summed E-state index contributed by atoms with van der Waals surface area (Å²) >= 11 is 1.78. The first-order valence-corrected chi connectivity index (χ1v) is 7.23. The smallest absolute Gasteiger partial charge is 0.120 e. The van der Waals surface area contributed by atoms with Crippen molar-refractivity contribution in [2.24, 2.45) is 0 Å². The third-order valence-corrected chi connectivity index (χ3v) is 4.97. The molecule has 0 amide bonds. The molecule has 1 aliphatic rings. The van der Waals surface area contributed by atoms with Crippen molar-refractivity contribution in [1.82, 2.24) is 10.3 Å². The van der Waals surface area contributed by atoms with E-state index in [9.17, 15) is 0 Å². The van der Waals surface area contributed by atoms with Gasteiger partial charge in [0.2, 0.25) is 0 Å². The molecule has 0 radical (unpaired) electrons. The Kier molecular flexibility index (Phi) is 2.99. The standard InChI is InChI=1S/C14H18N2OS/c1-14(7-3-4-8-15-14)13-16-11-6-5-10(17-2)9-12(11)18-13/h5-6,9,15H,3-4,7-8H2,1-2H3. The highest BCUT2D eigenvalue weighted by Crippen LogP contribution is 2.36. The molecule has 1 fully saturated rings. The summed E-state index contributed by atoms with van der Waals surface area (Å²) in [4.78, 5) is 4.78. The largest absolute Gasteiger partial charge is 0.497 e. The van der Waals surface area contributed by atoms with E-state index in [0.717, 1.165) is 17.8 Å². The van der Waals surface area contributed by atoms with E-state index in [1.165, 1.54) is 29.0 Å². The fourth-order valence-electron chi connectivity index (χ4n) is 2.51. The molecule has 1 N–H and O–H groups in total. The average Bonchev–Trinajstić information content (AvgIpc) is 2.83. The Morgan fingerprint density at radius 1 is 1.39 bits per heavy atom. The van der Waals surface area contributed by atoms with E-state index in [4.69, 9.17) is 9.72 Å². The first kappa shape index (κ1) is 11.9. The summed E-state index contributed by atoms with van der Waals surface area (Å²) in [6.45, 7) is 3.36. The second kappa shape index (κ2) is 4.52. The van der Waals surface area contributed by atoms with Crippen LogP contribution >= 0.6 is 11.3 Å². The summed E-state index contributed by atoms with van der Waals surface area (Å²) in [5.41, 5.74) is 1.12. The number of nitrogens with zero attached hydrogens (tertiary/aromatic N) is 1. The maximum atomic E-state index is 5.27. The molecule has 1 atom stereocenters. The molecule has 1 aromatic carbocycles. The number of aromatic nitrogens is 1. The zero-order valence-corrected chi connectivity index (χ0v) is 11.6. The van der Waals surface area contributed by atoms with Gasteiger partial charge in [-0.3, -0.25) is 0 Å². The topological polar surface area (TPSA) is 34.1 Å². The van der Waals surface area contributed by atoms with Crippen LogP contribution in [-0.2, 0) is 5.54 Å². The Morgan fingerprint density at radius 3 is 3.00 bits per heavy atom. The van der Waals surface area contributed by atoms with Crippen LogP contribution in [-0.4, -0.2) is 18.6 Å². The third kappa shape index (κ3) is 1.99. The maximum Gasteiger partial charge on any atom is 0.120 e. The summed E-state index contributed by atoms with van der Waals surface area (Å²) in [6.07, 6.45) is 3.72. The molecular formula is C14H18N2OS. The number of thiazole rings is 1. The van der Waals surface area contributed by atoms with Gasteiger partial charge in [0.05, 0.1) is 22.9 Å². The lowest BCUT2D eigenvalue weighted by atomic mass is 9.92. The third-order valence-electron chi connectivity index (χ3n) is 3.69. The molecule has 0 aliphatic carbocycles. The number of rotatable bonds is 2. The van der Waals surface area contributed by atoms with Crippen molar-refractivity contribution in [3.8, 4) is 5.75 Å². The van der Waals surface area contributed by atoms with Crippen molar-refractivity contribution in [3.05, 3.63) is 23.2 Å². The molecule has 0 saturated carbocycles. The van der Waals surface area contributed by atoms with Crippen molar-refractivity contribution in [2.75, 3.05) is 13.7 Å². The fraction of sp³-hybridized carbons (Fsp3) is 0.500. The molecule has 3 nitrogen and oxygen atoms in total. The molecule has 96 valence electrons. The average molecular weight is 262 g/mol. The predicted molar refractivity (Wildman–Crippen MR) is 75.4 cm³/mol. The van der Waals surface area contributed by atoms with E-state index in [1.54, 1.807) is 18.4 Å². The van der Waals surface area contributed by atoms with E-state index in [1.807, 2.05) is 12.1 Å². The SMILES string of the molecule is COc1ccc2nc(C3(C)CCCCN3)sc2c1. The minimum Gasteiger partial charge on any atom is -0.497 e. The Morgan fingerprint density at radius 2 is 2.28 bits per heavy atom. The van der Waals surface area contributed by atoms with Crippen molar-refractivity contribution in [1.29, 1.82) is 0 Å². The van der Waals surface area contributed by atoms with E-state index in [2.05, 4.69) is 18.3 Å². The Bertz CT molecular complexity index is 558. The van der Waals surface area contributed by atoms with Gasteiger partial charge >= 0.3 is 0 Å². The molecule has 0 bridgehead atoms. The quantitative estimate of drug-likeness (QED) is 0.901. The lowest BCUT2D eigenvalue weighted by Crippen LogP contribution is -2.43. The highest BCUT2D eigenvalue weighted by Gasteiger charge is 2.31. The zero-order valence-electron chi connectivity index (χ0n) is 10.8. The molecule has 1 saturated heterocycles. The molecule has 3 rings (SSSR count). The molecule has 0 spiro atoms. The summed E-state index contributed by atoms with van der Waals surface area (Å²) in [5, 5.41) is 4.82. The second-order valence-electron chi connectivity index (χ2n) is 5.07. The van der Waals surface area contributed by atoms with E-state index >= 15 is 0 Å². The van der Waals surface area contributed by atoms with Gasteiger partial charge in [0.1, 0.15) is 10.8 Å². The molecule has 1 aliphatic heterocycles. The Labute approximate surface area is 111 Å². The van der Waals surface area contributed by atoms with Crippen LogP contribution in [0.1, 0.15) is 31.2 Å². The fourth-order valence-corrected chi connectivity index (χ4v) is 3.65. The highest BCUT2D eigenvalue weighted by molar-refractivity contribution is 7.18. The molecule has 1 aromatic heterocycles. The molecule has 18 heavy (non-hydrogen) atoms. The molecule has 4 heteroatoms. The minimum atomic E-state index is 0.0508. The van der Waals surface area contributed by atoms with Gasteiger partial charge in [-0.25, -0.2) is 4.98 Å². The van der Waals surface area contributed by atoms with Crippen LogP contribution in [0.2, 0.25) is 0 Å². The Balaban J connectivity index is 2.02. The van der Waals surface area contributed by atoms with Crippen LogP contribution in [0.4, 0.5) is 0 Å². The van der Waals surface area contributed by atoms with Crippen molar-refractivity contribution >= 4 is 21.6 Å². The van der Waals surface area contributed by atoms with Gasteiger partial charge in [-0.1, -0.05) is 0 Å². The maximum absolute atomic E-state index is 5.27. The van der Waals surface area contributed by atoms with Gasteiger partial charge < -0.3 is 10.1 Å². The van der Waals surface area contributed by atoms with E-state index < -0.39 is 0 Å². The first-order chi connectivity index (χ1) is 8.71. The zero-order chi connectivity index (χ0) is 12.6. The minimum absolute atomic E-state index is 0.0508. The lowest BCUT2D eigenvalue weighted by molar-refractivity contribution is 0.283. The van der Waals surface area contributed by atoms with Gasteiger partial charge in [0.15, 0.2) is 0 Å². The number of ether oxygens (including phenoxy) is 1. The highest BCUT2D eigenvalue weighted by atomic mass is 32.1. The monoisotopic (exact) mass is 262 g/mol. The van der Waals surface area contributed by atoms with Gasteiger partial charge in [-0.15, -0.1) is 11.3 Å². The van der Waals surface area contributed by atoms with Crippen molar-refractivity contribution in [3.63, 3.8) is 0 Å². The van der Waals surface area contributed by atoms with Crippen LogP contribution in [0.5, 0.6) is 5.75 Å².